The third-order valence-electron chi connectivity index (χ3n) is 3.01. The lowest BCUT2D eigenvalue weighted by atomic mass is 10.1. The van der Waals surface area contributed by atoms with Gasteiger partial charge in [-0.3, -0.25) is 4.98 Å². The number of nitrogens with zero attached hydrogens (tertiary/aromatic N) is 1. The highest BCUT2D eigenvalue weighted by Crippen LogP contribution is 2.25. The number of rotatable bonds is 2. The number of nitrogens with two attached hydrogens (primary N) is 1. The molecule has 0 fully saturated rings. The maximum atomic E-state index is 6.19. The summed E-state index contributed by atoms with van der Waals surface area (Å²) in [6.07, 6.45) is 1.77. The van der Waals surface area contributed by atoms with E-state index >= 15 is 0 Å². The molecule has 0 bridgehead atoms. The molecule has 0 amide bonds. The van der Waals surface area contributed by atoms with Crippen LogP contribution in [0.25, 0.3) is 11.0 Å². The highest BCUT2D eigenvalue weighted by molar-refractivity contribution is 5.77. The zero-order chi connectivity index (χ0) is 12.5. The van der Waals surface area contributed by atoms with Crippen molar-refractivity contribution in [1.29, 1.82) is 0 Å². The van der Waals surface area contributed by atoms with Gasteiger partial charge in [0, 0.05) is 11.6 Å². The quantitative estimate of drug-likeness (QED) is 0.746. The molecule has 18 heavy (non-hydrogen) atoms. The van der Waals surface area contributed by atoms with Gasteiger partial charge in [-0.25, -0.2) is 0 Å². The lowest BCUT2D eigenvalue weighted by Crippen LogP contribution is -2.12. The van der Waals surface area contributed by atoms with Crippen LogP contribution in [0.15, 0.2) is 53.1 Å². The Morgan fingerprint density at radius 1 is 1.17 bits per heavy atom. The van der Waals surface area contributed by atoms with Crippen molar-refractivity contribution >= 4 is 11.0 Å². The molecular weight excluding hydrogens is 224 g/mol. The van der Waals surface area contributed by atoms with E-state index in [4.69, 9.17) is 10.2 Å². The molecule has 0 aliphatic rings. The molecule has 0 spiro atoms. The Bertz CT molecular complexity index is 655. The normalized spacial score (nSPS) is 12.8. The number of aromatic nitrogens is 1. The minimum Gasteiger partial charge on any atom is -0.459 e. The molecular formula is C15H14N2O. The fraction of sp³-hybridized carbons (Fsp3) is 0.133. The van der Waals surface area contributed by atoms with Crippen LogP contribution >= 0.6 is 0 Å². The van der Waals surface area contributed by atoms with Crippen LogP contribution in [0.5, 0.6) is 0 Å². The van der Waals surface area contributed by atoms with E-state index in [1.165, 1.54) is 0 Å². The molecule has 3 rings (SSSR count). The van der Waals surface area contributed by atoms with Crippen LogP contribution in [0.3, 0.4) is 0 Å². The molecule has 0 aliphatic heterocycles. The van der Waals surface area contributed by atoms with Crippen molar-refractivity contribution in [3.8, 4) is 0 Å². The zero-order valence-electron chi connectivity index (χ0n) is 10.1. The van der Waals surface area contributed by atoms with Crippen LogP contribution in [-0.2, 0) is 0 Å². The first-order chi connectivity index (χ1) is 8.74. The second-order valence-electron chi connectivity index (χ2n) is 4.42. The van der Waals surface area contributed by atoms with Crippen LogP contribution in [0, 0.1) is 6.92 Å². The van der Waals surface area contributed by atoms with Crippen LogP contribution in [-0.4, -0.2) is 4.98 Å². The first-order valence-electron chi connectivity index (χ1n) is 5.90. The summed E-state index contributed by atoms with van der Waals surface area (Å²) in [6.45, 7) is 2.02. The van der Waals surface area contributed by atoms with Gasteiger partial charge >= 0.3 is 0 Å². The SMILES string of the molecule is Cc1ccnc(C(N)c2cc3ccccc3o2)c1. The van der Waals surface area contributed by atoms with E-state index in [2.05, 4.69) is 4.98 Å². The Labute approximate surface area is 105 Å². The molecule has 3 heteroatoms. The van der Waals surface area contributed by atoms with E-state index in [9.17, 15) is 0 Å². The molecule has 3 aromatic rings. The molecule has 2 aromatic heterocycles. The van der Waals surface area contributed by atoms with Crippen molar-refractivity contribution in [2.45, 2.75) is 13.0 Å². The summed E-state index contributed by atoms with van der Waals surface area (Å²) in [5, 5.41) is 1.07. The number of hydrogen-bond donors (Lipinski definition) is 1. The monoisotopic (exact) mass is 238 g/mol. The fourth-order valence-electron chi connectivity index (χ4n) is 2.03. The Hall–Kier alpha value is -2.13. The summed E-state index contributed by atoms with van der Waals surface area (Å²) in [6, 6.07) is 13.5. The first kappa shape index (κ1) is 11.0. The lowest BCUT2D eigenvalue weighted by Gasteiger charge is -2.08. The third kappa shape index (κ3) is 1.89. The largest absolute Gasteiger partial charge is 0.459 e. The molecule has 90 valence electrons. The van der Waals surface area contributed by atoms with Gasteiger partial charge in [-0.1, -0.05) is 18.2 Å². The Morgan fingerprint density at radius 2 is 2.00 bits per heavy atom. The predicted molar refractivity (Wildman–Crippen MR) is 71.2 cm³/mol. The number of para-hydroxylation sites is 1. The van der Waals surface area contributed by atoms with E-state index < -0.39 is 0 Å². The summed E-state index contributed by atoms with van der Waals surface area (Å²) in [5.74, 6) is 0.745. The van der Waals surface area contributed by atoms with Crippen molar-refractivity contribution in [2.24, 2.45) is 5.73 Å². The summed E-state index contributed by atoms with van der Waals surface area (Å²) in [4.78, 5) is 4.30. The van der Waals surface area contributed by atoms with Gasteiger partial charge in [0.05, 0.1) is 5.69 Å². The topological polar surface area (TPSA) is 52.0 Å². The van der Waals surface area contributed by atoms with Crippen LogP contribution in [0.1, 0.15) is 23.1 Å². The molecule has 3 nitrogen and oxygen atoms in total. The Kier molecular flexibility index (Phi) is 2.61. The maximum Gasteiger partial charge on any atom is 0.134 e. The number of hydrogen-bond acceptors (Lipinski definition) is 3. The highest BCUT2D eigenvalue weighted by Gasteiger charge is 2.15. The molecule has 0 radical (unpaired) electrons. The van der Waals surface area contributed by atoms with Crippen LogP contribution < -0.4 is 5.73 Å². The summed E-state index contributed by atoms with van der Waals surface area (Å²) in [7, 11) is 0. The standard InChI is InChI=1S/C15H14N2O/c1-10-6-7-17-12(8-10)15(16)14-9-11-4-2-3-5-13(11)18-14/h2-9,15H,16H2,1H3. The van der Waals surface area contributed by atoms with Gasteiger partial charge in [-0.05, 0) is 36.8 Å². The summed E-state index contributed by atoms with van der Waals surface area (Å²) < 4.78 is 5.76. The van der Waals surface area contributed by atoms with Crippen molar-refractivity contribution < 1.29 is 4.42 Å². The summed E-state index contributed by atoms with van der Waals surface area (Å²) >= 11 is 0. The molecule has 1 aromatic carbocycles. The van der Waals surface area contributed by atoms with Gasteiger partial charge < -0.3 is 10.2 Å². The van der Waals surface area contributed by atoms with Crippen LogP contribution in [0.4, 0.5) is 0 Å². The lowest BCUT2D eigenvalue weighted by molar-refractivity contribution is 0.520. The zero-order valence-corrected chi connectivity index (χ0v) is 10.1. The molecule has 0 saturated heterocycles. The second kappa shape index (κ2) is 4.27. The smallest absolute Gasteiger partial charge is 0.134 e. The minimum atomic E-state index is -0.322. The molecule has 0 aliphatic carbocycles. The number of fused-ring (bicyclic) bond motifs is 1. The average Bonchev–Trinajstić information content (AvgIpc) is 2.81. The van der Waals surface area contributed by atoms with Crippen molar-refractivity contribution in [2.75, 3.05) is 0 Å². The average molecular weight is 238 g/mol. The van der Waals surface area contributed by atoms with E-state index in [-0.39, 0.29) is 6.04 Å². The Morgan fingerprint density at radius 3 is 2.78 bits per heavy atom. The van der Waals surface area contributed by atoms with Gasteiger partial charge in [-0.15, -0.1) is 0 Å². The number of benzene rings is 1. The van der Waals surface area contributed by atoms with E-state index in [1.54, 1.807) is 6.20 Å². The van der Waals surface area contributed by atoms with E-state index in [1.807, 2.05) is 49.4 Å². The molecule has 2 heterocycles. The first-order valence-corrected chi connectivity index (χ1v) is 5.90. The van der Waals surface area contributed by atoms with Crippen molar-refractivity contribution in [3.63, 3.8) is 0 Å². The van der Waals surface area contributed by atoms with Crippen molar-refractivity contribution in [3.05, 3.63) is 65.7 Å². The van der Waals surface area contributed by atoms with Crippen molar-refractivity contribution in [1.82, 2.24) is 4.98 Å². The van der Waals surface area contributed by atoms with Gasteiger partial charge in [0.15, 0.2) is 0 Å². The van der Waals surface area contributed by atoms with Gasteiger partial charge in [-0.2, -0.15) is 0 Å². The number of furan rings is 1. The fourth-order valence-corrected chi connectivity index (χ4v) is 2.03. The highest BCUT2D eigenvalue weighted by atomic mass is 16.3. The van der Waals surface area contributed by atoms with Crippen LogP contribution in [0.2, 0.25) is 0 Å². The molecule has 1 atom stereocenters. The second-order valence-corrected chi connectivity index (χ2v) is 4.42. The maximum absolute atomic E-state index is 6.19. The van der Waals surface area contributed by atoms with E-state index in [0.717, 1.165) is 28.0 Å². The molecule has 1 unspecified atom stereocenters. The third-order valence-corrected chi connectivity index (χ3v) is 3.01. The van der Waals surface area contributed by atoms with Gasteiger partial charge in [0.2, 0.25) is 0 Å². The number of pyridine rings is 1. The molecule has 0 saturated carbocycles. The predicted octanol–water partition coefficient (Wildman–Crippen LogP) is 3.18. The molecule has 2 N–H and O–H groups in total. The van der Waals surface area contributed by atoms with E-state index in [0.29, 0.717) is 0 Å². The van der Waals surface area contributed by atoms with Gasteiger partial charge in [0.25, 0.3) is 0 Å². The van der Waals surface area contributed by atoms with Gasteiger partial charge in [0.1, 0.15) is 17.4 Å². The Balaban J connectivity index is 2.03. The minimum absolute atomic E-state index is 0.322. The number of aryl methyl sites for hydroxylation is 1. The summed E-state index contributed by atoms with van der Waals surface area (Å²) in [5.41, 5.74) is 9.02.